The molecule has 2 aromatic carbocycles. The predicted molar refractivity (Wildman–Crippen MR) is 130 cm³/mol. The highest BCUT2D eigenvalue weighted by atomic mass is 35.5. The molecule has 5 rings (SSSR count). The minimum Gasteiger partial charge on any atom is -0.291 e. The van der Waals surface area contributed by atoms with E-state index in [2.05, 4.69) is 15.4 Å². The third-order valence-corrected chi connectivity index (χ3v) is 6.66. The average molecular weight is 494 g/mol. The molecule has 172 valence electrons. The van der Waals surface area contributed by atoms with Gasteiger partial charge in [0, 0.05) is 16.0 Å². The molecule has 34 heavy (non-hydrogen) atoms. The minimum absolute atomic E-state index is 0.0648. The number of hydrogen-bond acceptors (Lipinski definition) is 6. The Labute approximate surface area is 204 Å². The molecule has 8 nitrogen and oxygen atoms in total. The highest BCUT2D eigenvalue weighted by Crippen LogP contribution is 2.29. The van der Waals surface area contributed by atoms with Crippen molar-refractivity contribution in [1.82, 2.24) is 19.5 Å². The smallest absolute Gasteiger partial charge is 0.262 e. The van der Waals surface area contributed by atoms with Crippen molar-refractivity contribution < 1.29 is 14.4 Å². The second-order valence-corrected chi connectivity index (χ2v) is 9.69. The summed E-state index contributed by atoms with van der Waals surface area (Å²) < 4.78 is 1.64. The van der Waals surface area contributed by atoms with E-state index in [1.807, 2.05) is 31.4 Å². The standard InChI is InChI=1S/C24H20ClN5O3S/c1-13(2)11-18(29-21(32)16-5-3-4-6-17(16)22(29)33)20(31)26-23-27-24-30(28-23)19(12-34-24)14-7-9-15(25)10-8-14/h3-10,12-13,18H,11H2,1-2H3,(H,26,28,31). The summed E-state index contributed by atoms with van der Waals surface area (Å²) in [6.07, 6.45) is 0.315. The van der Waals surface area contributed by atoms with Gasteiger partial charge in [-0.05, 0) is 36.6 Å². The molecule has 4 aromatic rings. The third kappa shape index (κ3) is 3.86. The molecule has 1 aliphatic heterocycles. The zero-order chi connectivity index (χ0) is 24.0. The first-order valence-corrected chi connectivity index (χ1v) is 12.0. The molecule has 1 atom stereocenters. The molecule has 0 fully saturated rings. The first kappa shape index (κ1) is 22.2. The Bertz CT molecular complexity index is 1390. The number of carbonyl (C=O) groups is 3. The van der Waals surface area contributed by atoms with E-state index in [1.54, 1.807) is 40.9 Å². The van der Waals surface area contributed by atoms with Gasteiger partial charge in [-0.15, -0.1) is 16.4 Å². The normalized spacial score (nSPS) is 14.2. The number of thiazole rings is 1. The van der Waals surface area contributed by atoms with Crippen LogP contribution >= 0.6 is 22.9 Å². The second kappa shape index (κ2) is 8.66. The second-order valence-electron chi connectivity index (χ2n) is 8.42. The number of imide groups is 1. The number of halogens is 1. The fraction of sp³-hybridized carbons (Fsp3) is 0.208. The van der Waals surface area contributed by atoms with Crippen molar-refractivity contribution in [3.63, 3.8) is 0 Å². The van der Waals surface area contributed by atoms with Crippen LogP contribution in [0.1, 0.15) is 41.0 Å². The predicted octanol–water partition coefficient (Wildman–Crippen LogP) is 4.76. The lowest BCUT2D eigenvalue weighted by molar-refractivity contribution is -0.120. The molecule has 0 aliphatic carbocycles. The lowest BCUT2D eigenvalue weighted by Crippen LogP contribution is -2.48. The Balaban J connectivity index is 1.43. The van der Waals surface area contributed by atoms with Crippen molar-refractivity contribution in [2.24, 2.45) is 5.92 Å². The van der Waals surface area contributed by atoms with E-state index in [1.165, 1.54) is 11.3 Å². The summed E-state index contributed by atoms with van der Waals surface area (Å²) in [7, 11) is 0. The van der Waals surface area contributed by atoms with Crippen molar-refractivity contribution in [2.75, 3.05) is 5.32 Å². The van der Waals surface area contributed by atoms with Crippen LogP contribution in [0, 0.1) is 5.92 Å². The Morgan fingerprint density at radius 2 is 1.71 bits per heavy atom. The van der Waals surface area contributed by atoms with Crippen molar-refractivity contribution in [3.8, 4) is 11.3 Å². The molecule has 1 N–H and O–H groups in total. The number of amides is 3. The summed E-state index contributed by atoms with van der Waals surface area (Å²) in [5.41, 5.74) is 2.33. The van der Waals surface area contributed by atoms with Crippen LogP contribution in [0.5, 0.6) is 0 Å². The molecule has 1 unspecified atom stereocenters. The molecule has 1 aliphatic rings. The number of aromatic nitrogens is 3. The molecule has 0 saturated heterocycles. The van der Waals surface area contributed by atoms with Gasteiger partial charge in [0.1, 0.15) is 6.04 Å². The van der Waals surface area contributed by atoms with E-state index in [9.17, 15) is 14.4 Å². The van der Waals surface area contributed by atoms with E-state index >= 15 is 0 Å². The van der Waals surface area contributed by atoms with Gasteiger partial charge < -0.3 is 0 Å². The van der Waals surface area contributed by atoms with Gasteiger partial charge in [0.05, 0.1) is 16.8 Å². The van der Waals surface area contributed by atoms with Crippen molar-refractivity contribution in [2.45, 2.75) is 26.3 Å². The lowest BCUT2D eigenvalue weighted by atomic mass is 10.0. The SMILES string of the molecule is CC(C)CC(C(=O)Nc1nc2scc(-c3ccc(Cl)cc3)n2n1)N1C(=O)c2ccccc2C1=O. The zero-order valence-electron chi connectivity index (χ0n) is 18.4. The monoisotopic (exact) mass is 493 g/mol. The molecule has 0 saturated carbocycles. The fourth-order valence-electron chi connectivity index (χ4n) is 4.01. The van der Waals surface area contributed by atoms with Gasteiger partial charge in [-0.2, -0.15) is 4.98 Å². The molecular weight excluding hydrogens is 474 g/mol. The Kier molecular flexibility index (Phi) is 5.66. The number of anilines is 1. The van der Waals surface area contributed by atoms with Gasteiger partial charge in [0.25, 0.3) is 17.8 Å². The summed E-state index contributed by atoms with van der Waals surface area (Å²) in [6.45, 7) is 3.86. The molecule has 3 heterocycles. The summed E-state index contributed by atoms with van der Waals surface area (Å²) >= 11 is 7.37. The number of nitrogens with zero attached hydrogens (tertiary/aromatic N) is 4. The topological polar surface area (TPSA) is 96.7 Å². The third-order valence-electron chi connectivity index (χ3n) is 5.59. The van der Waals surface area contributed by atoms with Crippen LogP contribution in [-0.4, -0.2) is 43.3 Å². The number of nitrogens with one attached hydrogen (secondary N) is 1. The summed E-state index contributed by atoms with van der Waals surface area (Å²) in [6, 6.07) is 13.0. The first-order valence-electron chi connectivity index (χ1n) is 10.7. The highest BCUT2D eigenvalue weighted by Gasteiger charge is 2.43. The van der Waals surface area contributed by atoms with Crippen LogP contribution < -0.4 is 5.32 Å². The van der Waals surface area contributed by atoms with E-state index in [0.717, 1.165) is 16.2 Å². The number of fused-ring (bicyclic) bond motifs is 2. The van der Waals surface area contributed by atoms with E-state index in [-0.39, 0.29) is 11.9 Å². The van der Waals surface area contributed by atoms with Gasteiger partial charge >= 0.3 is 0 Å². The molecule has 0 spiro atoms. The Morgan fingerprint density at radius 1 is 1.06 bits per heavy atom. The number of carbonyl (C=O) groups excluding carboxylic acids is 3. The van der Waals surface area contributed by atoms with Gasteiger partial charge in [0.15, 0.2) is 0 Å². The van der Waals surface area contributed by atoms with Gasteiger partial charge in [0.2, 0.25) is 10.9 Å². The van der Waals surface area contributed by atoms with Crippen molar-refractivity contribution in [1.29, 1.82) is 0 Å². The first-order chi connectivity index (χ1) is 16.3. The molecule has 0 radical (unpaired) electrons. The van der Waals surface area contributed by atoms with Gasteiger partial charge in [-0.25, -0.2) is 4.52 Å². The summed E-state index contributed by atoms with van der Waals surface area (Å²) in [5, 5.41) is 9.70. The van der Waals surface area contributed by atoms with E-state index in [0.29, 0.717) is 27.5 Å². The maximum absolute atomic E-state index is 13.3. The van der Waals surface area contributed by atoms with E-state index in [4.69, 9.17) is 11.6 Å². The van der Waals surface area contributed by atoms with Crippen LogP contribution in [-0.2, 0) is 4.79 Å². The Hall–Kier alpha value is -3.56. The van der Waals surface area contributed by atoms with Gasteiger partial charge in [-0.1, -0.05) is 49.7 Å². The molecule has 3 amide bonds. The Morgan fingerprint density at radius 3 is 2.32 bits per heavy atom. The van der Waals surface area contributed by atoms with E-state index < -0.39 is 23.8 Å². The number of benzene rings is 2. The number of rotatable bonds is 6. The van der Waals surface area contributed by atoms with Crippen LogP contribution in [0.2, 0.25) is 5.02 Å². The molecule has 0 bridgehead atoms. The summed E-state index contributed by atoms with van der Waals surface area (Å²) in [5.74, 6) is -1.27. The molecular formula is C24H20ClN5O3S. The van der Waals surface area contributed by atoms with Crippen LogP contribution in [0.25, 0.3) is 16.2 Å². The fourth-order valence-corrected chi connectivity index (χ4v) is 4.97. The highest BCUT2D eigenvalue weighted by molar-refractivity contribution is 7.15. The van der Waals surface area contributed by atoms with Crippen LogP contribution in [0.4, 0.5) is 5.95 Å². The average Bonchev–Trinajstić information content (AvgIpc) is 3.45. The van der Waals surface area contributed by atoms with Crippen molar-refractivity contribution in [3.05, 3.63) is 70.1 Å². The molecule has 2 aromatic heterocycles. The molecule has 10 heteroatoms. The van der Waals surface area contributed by atoms with Crippen LogP contribution in [0.3, 0.4) is 0 Å². The quantitative estimate of drug-likeness (QED) is 0.390. The van der Waals surface area contributed by atoms with Crippen LogP contribution in [0.15, 0.2) is 53.9 Å². The minimum atomic E-state index is -0.982. The zero-order valence-corrected chi connectivity index (χ0v) is 19.9. The number of hydrogen-bond donors (Lipinski definition) is 1. The largest absolute Gasteiger partial charge is 0.291 e. The maximum Gasteiger partial charge on any atom is 0.262 e. The van der Waals surface area contributed by atoms with Crippen molar-refractivity contribution >= 4 is 51.6 Å². The lowest BCUT2D eigenvalue weighted by Gasteiger charge is -2.26. The van der Waals surface area contributed by atoms with Gasteiger partial charge in [-0.3, -0.25) is 24.6 Å². The maximum atomic E-state index is 13.3. The summed E-state index contributed by atoms with van der Waals surface area (Å²) in [4.78, 5) is 45.4.